The maximum Gasteiger partial charge on any atom is 0.260 e. The molecule has 0 N–H and O–H groups in total. The molecule has 2 heterocycles. The van der Waals surface area contributed by atoms with E-state index in [9.17, 15) is 4.79 Å². The van der Waals surface area contributed by atoms with Crippen molar-refractivity contribution in [3.63, 3.8) is 0 Å². The number of ether oxygens (including phenoxy) is 1. The molecule has 1 saturated heterocycles. The predicted molar refractivity (Wildman–Crippen MR) is 118 cm³/mol. The van der Waals surface area contributed by atoms with E-state index in [1.54, 1.807) is 28.0 Å². The van der Waals surface area contributed by atoms with Crippen LogP contribution in [0.1, 0.15) is 37.0 Å². The fourth-order valence-electron chi connectivity index (χ4n) is 3.32. The molecule has 1 atom stereocenters. The standard InChI is InChI=1S/C22H24N2O2S2/c1-15(2)27-18-11-9-16(10-12-18)21(25)24(14-17-6-5-13-26-17)22-23-19-7-3-4-8-20(19)28-22/h3-4,7-12,15,17H,5-6,13-14H2,1-2H3. The molecule has 1 fully saturated rings. The molecule has 2 aromatic carbocycles. The SMILES string of the molecule is CC(C)Sc1ccc(C(=O)N(CC2CCCO2)c2nc3ccccc3s2)cc1. The Morgan fingerprint density at radius 2 is 2.04 bits per heavy atom. The highest BCUT2D eigenvalue weighted by molar-refractivity contribution is 7.99. The summed E-state index contributed by atoms with van der Waals surface area (Å²) in [5, 5.41) is 1.25. The number of benzene rings is 2. The van der Waals surface area contributed by atoms with Gasteiger partial charge in [0.05, 0.1) is 22.9 Å². The summed E-state index contributed by atoms with van der Waals surface area (Å²) in [5.41, 5.74) is 1.61. The first-order valence-corrected chi connectivity index (χ1v) is 11.4. The third-order valence-corrected chi connectivity index (χ3v) is 6.72. The van der Waals surface area contributed by atoms with Gasteiger partial charge in [-0.2, -0.15) is 0 Å². The molecule has 0 bridgehead atoms. The molecule has 6 heteroatoms. The van der Waals surface area contributed by atoms with Gasteiger partial charge in [-0.1, -0.05) is 37.3 Å². The van der Waals surface area contributed by atoms with Crippen LogP contribution in [0, 0.1) is 0 Å². The van der Waals surface area contributed by atoms with E-state index in [1.807, 2.05) is 48.5 Å². The van der Waals surface area contributed by atoms with Gasteiger partial charge in [-0.05, 0) is 49.2 Å². The highest BCUT2D eigenvalue weighted by atomic mass is 32.2. The minimum Gasteiger partial charge on any atom is -0.376 e. The minimum atomic E-state index is -0.0179. The molecule has 3 aromatic rings. The van der Waals surface area contributed by atoms with Gasteiger partial charge in [0, 0.05) is 22.3 Å². The molecule has 0 spiro atoms. The lowest BCUT2D eigenvalue weighted by Crippen LogP contribution is -2.37. The second-order valence-electron chi connectivity index (χ2n) is 7.21. The number of anilines is 1. The quantitative estimate of drug-likeness (QED) is 0.493. The molecular formula is C22H24N2O2S2. The monoisotopic (exact) mass is 412 g/mol. The normalized spacial score (nSPS) is 16.8. The Kier molecular flexibility index (Phi) is 5.99. The minimum absolute atomic E-state index is 0.0179. The van der Waals surface area contributed by atoms with Crippen LogP contribution in [0.2, 0.25) is 0 Å². The molecule has 1 aliphatic heterocycles. The number of thioether (sulfide) groups is 1. The number of rotatable bonds is 6. The average molecular weight is 413 g/mol. The second kappa shape index (κ2) is 8.64. The maximum atomic E-state index is 13.4. The van der Waals surface area contributed by atoms with Crippen LogP contribution in [0.15, 0.2) is 53.4 Å². The summed E-state index contributed by atoms with van der Waals surface area (Å²) in [7, 11) is 0. The number of hydrogen-bond acceptors (Lipinski definition) is 5. The van der Waals surface area contributed by atoms with Gasteiger partial charge >= 0.3 is 0 Å². The van der Waals surface area contributed by atoms with Gasteiger partial charge in [0.25, 0.3) is 5.91 Å². The molecular weight excluding hydrogens is 388 g/mol. The Morgan fingerprint density at radius 3 is 2.71 bits per heavy atom. The Balaban J connectivity index is 1.62. The molecule has 0 radical (unpaired) electrons. The van der Waals surface area contributed by atoms with Gasteiger partial charge in [0.1, 0.15) is 0 Å². The van der Waals surface area contributed by atoms with Crippen molar-refractivity contribution < 1.29 is 9.53 Å². The zero-order valence-corrected chi connectivity index (χ0v) is 17.8. The van der Waals surface area contributed by atoms with E-state index in [0.717, 1.165) is 34.8 Å². The second-order valence-corrected chi connectivity index (χ2v) is 9.86. The molecule has 1 unspecified atom stereocenters. The molecule has 0 saturated carbocycles. The van der Waals surface area contributed by atoms with E-state index in [2.05, 4.69) is 13.8 Å². The molecule has 0 aliphatic carbocycles. The largest absolute Gasteiger partial charge is 0.376 e. The van der Waals surface area contributed by atoms with Crippen LogP contribution in [-0.4, -0.2) is 35.4 Å². The van der Waals surface area contributed by atoms with Crippen molar-refractivity contribution in [2.45, 2.75) is 42.9 Å². The number of carbonyl (C=O) groups is 1. The van der Waals surface area contributed by atoms with Crippen molar-refractivity contribution in [2.75, 3.05) is 18.1 Å². The zero-order chi connectivity index (χ0) is 19.5. The summed E-state index contributed by atoms with van der Waals surface area (Å²) in [6.45, 7) is 5.65. The topological polar surface area (TPSA) is 42.4 Å². The van der Waals surface area contributed by atoms with Gasteiger partial charge in [0.15, 0.2) is 5.13 Å². The van der Waals surface area contributed by atoms with Crippen molar-refractivity contribution >= 4 is 44.4 Å². The van der Waals surface area contributed by atoms with E-state index < -0.39 is 0 Å². The van der Waals surface area contributed by atoms with E-state index in [0.29, 0.717) is 17.4 Å². The number of fused-ring (bicyclic) bond motifs is 1. The average Bonchev–Trinajstić information content (AvgIpc) is 3.35. The van der Waals surface area contributed by atoms with E-state index in [-0.39, 0.29) is 12.0 Å². The van der Waals surface area contributed by atoms with Gasteiger partial charge in [-0.25, -0.2) is 4.98 Å². The first-order chi connectivity index (χ1) is 13.6. The summed E-state index contributed by atoms with van der Waals surface area (Å²) in [5.74, 6) is -0.0179. The van der Waals surface area contributed by atoms with Crippen LogP contribution in [0.25, 0.3) is 10.2 Å². The Morgan fingerprint density at radius 1 is 1.25 bits per heavy atom. The number of nitrogens with zero attached hydrogens (tertiary/aromatic N) is 2. The summed E-state index contributed by atoms with van der Waals surface area (Å²) < 4.78 is 6.90. The van der Waals surface area contributed by atoms with Gasteiger partial charge in [0.2, 0.25) is 0 Å². The van der Waals surface area contributed by atoms with Gasteiger partial charge < -0.3 is 4.74 Å². The number of hydrogen-bond donors (Lipinski definition) is 0. The Labute approximate surface area is 173 Å². The first-order valence-electron chi connectivity index (χ1n) is 9.66. The van der Waals surface area contributed by atoms with Crippen LogP contribution in [-0.2, 0) is 4.74 Å². The molecule has 146 valence electrons. The van der Waals surface area contributed by atoms with Crippen molar-refractivity contribution in [1.29, 1.82) is 0 Å². The predicted octanol–water partition coefficient (Wildman–Crippen LogP) is 5.62. The molecule has 1 aliphatic rings. The molecule has 4 rings (SSSR count). The molecule has 1 aromatic heterocycles. The van der Waals surface area contributed by atoms with Crippen molar-refractivity contribution in [3.05, 3.63) is 54.1 Å². The molecule has 28 heavy (non-hydrogen) atoms. The third-order valence-electron chi connectivity index (χ3n) is 4.64. The molecule has 1 amide bonds. The summed E-state index contributed by atoms with van der Waals surface area (Å²) >= 11 is 3.36. The van der Waals surface area contributed by atoms with Crippen LogP contribution in [0.3, 0.4) is 0 Å². The van der Waals surface area contributed by atoms with E-state index in [1.165, 1.54) is 4.90 Å². The van der Waals surface area contributed by atoms with Gasteiger partial charge in [-0.15, -0.1) is 11.8 Å². The van der Waals surface area contributed by atoms with Crippen LogP contribution in [0.4, 0.5) is 5.13 Å². The first kappa shape index (κ1) is 19.4. The van der Waals surface area contributed by atoms with Crippen LogP contribution >= 0.6 is 23.1 Å². The van der Waals surface area contributed by atoms with E-state index >= 15 is 0 Å². The fourth-order valence-corrected chi connectivity index (χ4v) is 5.13. The number of thiazole rings is 1. The number of para-hydroxylation sites is 1. The lowest BCUT2D eigenvalue weighted by atomic mass is 10.2. The zero-order valence-electron chi connectivity index (χ0n) is 16.1. The van der Waals surface area contributed by atoms with Crippen LogP contribution in [0.5, 0.6) is 0 Å². The number of aromatic nitrogens is 1. The highest BCUT2D eigenvalue weighted by Gasteiger charge is 2.27. The lowest BCUT2D eigenvalue weighted by molar-refractivity contribution is 0.0917. The summed E-state index contributed by atoms with van der Waals surface area (Å²) in [6.07, 6.45) is 2.11. The Hall–Kier alpha value is -1.89. The van der Waals surface area contributed by atoms with Crippen molar-refractivity contribution in [3.8, 4) is 0 Å². The van der Waals surface area contributed by atoms with E-state index in [4.69, 9.17) is 9.72 Å². The smallest absolute Gasteiger partial charge is 0.260 e. The number of amides is 1. The fraction of sp³-hybridized carbons (Fsp3) is 0.364. The summed E-state index contributed by atoms with van der Waals surface area (Å²) in [4.78, 5) is 21.1. The number of carbonyl (C=O) groups excluding carboxylic acids is 1. The molecule has 4 nitrogen and oxygen atoms in total. The van der Waals surface area contributed by atoms with Gasteiger partial charge in [-0.3, -0.25) is 9.69 Å². The Bertz CT molecular complexity index is 914. The maximum absolute atomic E-state index is 13.4. The van der Waals surface area contributed by atoms with Crippen LogP contribution < -0.4 is 4.90 Å². The van der Waals surface area contributed by atoms with Crippen molar-refractivity contribution in [2.24, 2.45) is 0 Å². The summed E-state index contributed by atoms with van der Waals surface area (Å²) in [6, 6.07) is 15.9. The lowest BCUT2D eigenvalue weighted by Gasteiger charge is -2.23. The van der Waals surface area contributed by atoms with Crippen molar-refractivity contribution in [1.82, 2.24) is 4.98 Å². The third kappa shape index (κ3) is 4.40. The highest BCUT2D eigenvalue weighted by Crippen LogP contribution is 2.31.